The van der Waals surface area contributed by atoms with Crippen LogP contribution in [0.2, 0.25) is 0 Å². The monoisotopic (exact) mass is 710 g/mol. The standard InChI is InChI=1S/C35H34O16/c1-13-26(40)28(42)30(44)34(47-13)46-12-24-27(41)29(43)31(45)35(50-24)51-33-18-11-21(14-2-5-16(36)6-3-14)48-22-9-17(37)10-23(25(18)22)49-32(33)15-4-7-19(38)20(39)8-15/h2-11,13,24,26-31,34-36,38-45H,12H2,1H3/t13-,24+,26-,27+,28+,29-,30+,31+,34+,35-/m0/s1. The molecule has 51 heavy (non-hydrogen) atoms. The summed E-state index contributed by atoms with van der Waals surface area (Å²) in [5.41, 5.74) is 0.282. The van der Waals surface area contributed by atoms with E-state index in [0.29, 0.717) is 5.56 Å². The lowest BCUT2D eigenvalue weighted by Gasteiger charge is -2.42. The maximum absolute atomic E-state index is 12.8. The van der Waals surface area contributed by atoms with E-state index >= 15 is 0 Å². The van der Waals surface area contributed by atoms with Crippen molar-refractivity contribution in [3.8, 4) is 45.6 Å². The number of hydrogen-bond acceptors (Lipinski definition) is 16. The normalized spacial score (nSPS) is 29.8. The Morgan fingerprint density at radius 3 is 2.02 bits per heavy atom. The fourth-order valence-corrected chi connectivity index (χ4v) is 6.15. The first-order valence-electron chi connectivity index (χ1n) is 15.8. The molecule has 16 heteroatoms. The molecule has 0 saturated carbocycles. The van der Waals surface area contributed by atoms with E-state index in [1.165, 1.54) is 49.4 Å². The highest BCUT2D eigenvalue weighted by Gasteiger charge is 2.47. The molecule has 2 saturated heterocycles. The van der Waals surface area contributed by atoms with E-state index in [4.69, 9.17) is 27.8 Å². The van der Waals surface area contributed by atoms with Crippen molar-refractivity contribution in [3.05, 3.63) is 70.9 Å². The summed E-state index contributed by atoms with van der Waals surface area (Å²) in [5, 5.41) is 94.1. The quantitative estimate of drug-likeness (QED) is 0.107. The number of phenols is 3. The van der Waals surface area contributed by atoms with Crippen molar-refractivity contribution >= 4 is 21.9 Å². The van der Waals surface area contributed by atoms with Gasteiger partial charge in [-0.2, -0.15) is 0 Å². The van der Waals surface area contributed by atoms with Gasteiger partial charge in [0.05, 0.1) is 18.1 Å². The summed E-state index contributed by atoms with van der Waals surface area (Å²) in [6.07, 6.45) is -15.7. The molecular formula is C35H34O16. The van der Waals surface area contributed by atoms with Gasteiger partial charge in [-0.1, -0.05) is 0 Å². The lowest BCUT2D eigenvalue weighted by Crippen LogP contribution is -2.61. The molecule has 270 valence electrons. The van der Waals surface area contributed by atoms with Crippen molar-refractivity contribution in [1.82, 2.24) is 0 Å². The Morgan fingerprint density at radius 2 is 1.31 bits per heavy atom. The summed E-state index contributed by atoms with van der Waals surface area (Å²) in [4.78, 5) is 12.8. The maximum Gasteiger partial charge on any atom is 0.229 e. The lowest BCUT2D eigenvalue weighted by atomic mass is 9.98. The molecule has 2 fully saturated rings. The molecule has 9 N–H and O–H groups in total. The summed E-state index contributed by atoms with van der Waals surface area (Å²) in [5.74, 6) is -1.01. The van der Waals surface area contributed by atoms with Gasteiger partial charge in [0.25, 0.3) is 0 Å². The first-order valence-corrected chi connectivity index (χ1v) is 15.8. The van der Waals surface area contributed by atoms with E-state index in [9.17, 15) is 50.8 Å². The number of aliphatic hydroxyl groups is 6. The zero-order valence-electron chi connectivity index (χ0n) is 26.6. The highest BCUT2D eigenvalue weighted by molar-refractivity contribution is 6.10. The second-order valence-corrected chi connectivity index (χ2v) is 12.5. The average Bonchev–Trinajstić information content (AvgIpc) is 3.11. The fraction of sp³-hybridized carbons (Fsp3) is 0.343. The topological polar surface area (TPSA) is 262 Å². The van der Waals surface area contributed by atoms with Crippen LogP contribution in [0.5, 0.6) is 23.0 Å². The number of aliphatic hydroxyl groups excluding tert-OH is 6. The Kier molecular flexibility index (Phi) is 9.13. The first kappa shape index (κ1) is 34.7. The van der Waals surface area contributed by atoms with E-state index in [1.807, 2.05) is 0 Å². The number of ether oxygens (including phenoxy) is 4. The minimum Gasteiger partial charge on any atom is -0.508 e. The number of benzene rings is 3. The van der Waals surface area contributed by atoms with Gasteiger partial charge in [0.2, 0.25) is 6.29 Å². The Balaban J connectivity index is 1.32. The predicted octanol–water partition coefficient (Wildman–Crippen LogP) is 1.02. The number of rotatable bonds is 7. The highest BCUT2D eigenvalue weighted by Crippen LogP contribution is 2.45. The molecule has 2 aromatic heterocycles. The smallest absolute Gasteiger partial charge is 0.229 e. The van der Waals surface area contributed by atoms with Crippen LogP contribution in [0.15, 0.2) is 74.3 Å². The summed E-state index contributed by atoms with van der Waals surface area (Å²) >= 11 is 0. The van der Waals surface area contributed by atoms with Gasteiger partial charge in [0.15, 0.2) is 34.7 Å². The van der Waals surface area contributed by atoms with E-state index in [2.05, 4.69) is 0 Å². The Hall–Kier alpha value is -4.75. The average molecular weight is 711 g/mol. The van der Waals surface area contributed by atoms with Crippen molar-refractivity contribution in [3.63, 3.8) is 0 Å². The third-order valence-electron chi connectivity index (χ3n) is 8.99. The van der Waals surface area contributed by atoms with Gasteiger partial charge in [-0.05, 0) is 55.5 Å². The third-order valence-corrected chi connectivity index (χ3v) is 8.99. The molecule has 10 atom stereocenters. The largest absolute Gasteiger partial charge is 0.508 e. The van der Waals surface area contributed by atoms with Gasteiger partial charge in [-0.3, -0.25) is 4.79 Å². The minimum atomic E-state index is -1.88. The second-order valence-electron chi connectivity index (χ2n) is 12.5. The van der Waals surface area contributed by atoms with Gasteiger partial charge >= 0.3 is 0 Å². The summed E-state index contributed by atoms with van der Waals surface area (Å²) < 4.78 is 35.5. The molecule has 3 aromatic carbocycles. The summed E-state index contributed by atoms with van der Waals surface area (Å²) in [7, 11) is 0. The molecule has 0 unspecified atom stereocenters. The third kappa shape index (κ3) is 6.37. The van der Waals surface area contributed by atoms with Crippen molar-refractivity contribution in [2.45, 2.75) is 68.3 Å². The molecule has 2 aliphatic rings. The predicted molar refractivity (Wildman–Crippen MR) is 174 cm³/mol. The van der Waals surface area contributed by atoms with E-state index in [1.54, 1.807) is 18.2 Å². The van der Waals surface area contributed by atoms with Crippen molar-refractivity contribution < 1.29 is 73.7 Å². The Bertz CT molecular complexity index is 2110. The molecule has 0 bridgehead atoms. The maximum atomic E-state index is 12.8. The molecule has 2 aliphatic heterocycles. The van der Waals surface area contributed by atoms with Gasteiger partial charge in [0, 0.05) is 28.6 Å². The van der Waals surface area contributed by atoms with Crippen LogP contribution < -0.4 is 10.2 Å². The van der Waals surface area contributed by atoms with Crippen LogP contribution in [-0.2, 0) is 14.2 Å². The lowest BCUT2D eigenvalue weighted by molar-refractivity contribution is -0.318. The molecule has 7 rings (SSSR count). The number of phenolic OH excluding ortho intramolecular Hbond substituents is 3. The van der Waals surface area contributed by atoms with Crippen molar-refractivity contribution in [2.24, 2.45) is 0 Å². The van der Waals surface area contributed by atoms with Crippen LogP contribution in [0, 0.1) is 0 Å². The molecule has 5 aromatic rings. The van der Waals surface area contributed by atoms with Gasteiger partial charge in [0.1, 0.15) is 65.4 Å². The number of hydrogen-bond donors (Lipinski definition) is 9. The van der Waals surface area contributed by atoms with Gasteiger partial charge in [-0.15, -0.1) is 0 Å². The molecule has 4 heterocycles. The van der Waals surface area contributed by atoms with Gasteiger partial charge < -0.3 is 73.7 Å². The zero-order chi connectivity index (χ0) is 36.3. The summed E-state index contributed by atoms with van der Waals surface area (Å²) in [6, 6.07) is 13.7. The van der Waals surface area contributed by atoms with Crippen LogP contribution in [-0.4, -0.2) is 114 Å². The Labute approximate surface area is 287 Å². The van der Waals surface area contributed by atoms with Crippen LogP contribution in [0.4, 0.5) is 0 Å². The van der Waals surface area contributed by atoms with E-state index < -0.39 is 84.9 Å². The molecule has 0 amide bonds. The van der Waals surface area contributed by atoms with E-state index in [-0.39, 0.29) is 50.5 Å². The number of aromatic hydroxyl groups is 3. The second kappa shape index (κ2) is 13.4. The molecular weight excluding hydrogens is 676 g/mol. The molecule has 0 spiro atoms. The summed E-state index contributed by atoms with van der Waals surface area (Å²) in [6.45, 7) is 0.902. The molecule has 16 nitrogen and oxygen atoms in total. The first-order chi connectivity index (χ1) is 24.3. The minimum absolute atomic E-state index is 0.00712. The SMILES string of the molecule is C[C@@H]1O[C@@H](OC[C@H]2O[C@@H](Oc3c(-c4ccc(O)c(O)c4)oc4cc(=O)cc5oc(-c6ccc(O)cc6)cc3c54)[C@H](O)[C@@H](O)[C@@H]2O)[C@H](O)[C@H](O)[C@H]1O. The Morgan fingerprint density at radius 1 is 0.667 bits per heavy atom. The molecule has 0 radical (unpaired) electrons. The van der Waals surface area contributed by atoms with E-state index in [0.717, 1.165) is 0 Å². The van der Waals surface area contributed by atoms with Crippen LogP contribution in [0.3, 0.4) is 0 Å². The highest BCUT2D eigenvalue weighted by atomic mass is 16.7. The molecule has 0 aliphatic carbocycles. The van der Waals surface area contributed by atoms with Crippen LogP contribution >= 0.6 is 0 Å². The zero-order valence-corrected chi connectivity index (χ0v) is 26.6. The van der Waals surface area contributed by atoms with Crippen LogP contribution in [0.1, 0.15) is 6.92 Å². The van der Waals surface area contributed by atoms with Crippen molar-refractivity contribution in [1.29, 1.82) is 0 Å². The van der Waals surface area contributed by atoms with Crippen molar-refractivity contribution in [2.75, 3.05) is 6.61 Å². The fourth-order valence-electron chi connectivity index (χ4n) is 6.15. The van der Waals surface area contributed by atoms with Crippen LogP contribution in [0.25, 0.3) is 44.6 Å². The van der Waals surface area contributed by atoms with Gasteiger partial charge in [-0.25, -0.2) is 0 Å².